The Balaban J connectivity index is 1.29. The van der Waals surface area contributed by atoms with Crippen molar-refractivity contribution in [3.05, 3.63) is 69.0 Å². The molecule has 1 amide bonds. The van der Waals surface area contributed by atoms with Gasteiger partial charge in [0.25, 0.3) is 5.91 Å². The molecule has 1 aromatic carbocycles. The first-order chi connectivity index (χ1) is 16.3. The third-order valence-electron chi connectivity index (χ3n) is 7.30. The minimum atomic E-state index is -0.423. The average Bonchev–Trinajstić information content (AvgIpc) is 3.37. The van der Waals surface area contributed by atoms with Crippen LogP contribution >= 0.6 is 11.6 Å². The van der Waals surface area contributed by atoms with Crippen LogP contribution in [-0.4, -0.2) is 49.5 Å². The number of aryl methyl sites for hydroxylation is 2. The van der Waals surface area contributed by atoms with Gasteiger partial charge in [-0.1, -0.05) is 11.6 Å². The molecule has 2 aromatic heterocycles. The van der Waals surface area contributed by atoms with E-state index in [1.54, 1.807) is 9.42 Å². The van der Waals surface area contributed by atoms with Crippen molar-refractivity contribution in [2.24, 2.45) is 0 Å². The van der Waals surface area contributed by atoms with E-state index in [9.17, 15) is 9.18 Å². The molecule has 2 atom stereocenters. The van der Waals surface area contributed by atoms with E-state index in [1.165, 1.54) is 23.8 Å². The summed E-state index contributed by atoms with van der Waals surface area (Å²) in [6.07, 6.45) is 4.89. The fourth-order valence-electron chi connectivity index (χ4n) is 5.37. The first kappa shape index (κ1) is 21.4. The number of amides is 1. The second-order valence-electron chi connectivity index (χ2n) is 9.46. The van der Waals surface area contributed by atoms with Crippen LogP contribution in [0.5, 0.6) is 5.75 Å². The highest BCUT2D eigenvalue weighted by molar-refractivity contribution is 6.31. The molecule has 176 valence electrons. The van der Waals surface area contributed by atoms with Crippen molar-refractivity contribution in [1.82, 2.24) is 24.4 Å². The molecule has 34 heavy (non-hydrogen) atoms. The lowest BCUT2D eigenvalue weighted by Gasteiger charge is -2.42. The van der Waals surface area contributed by atoms with Crippen molar-refractivity contribution >= 4 is 23.2 Å². The van der Waals surface area contributed by atoms with Gasteiger partial charge < -0.3 is 14.5 Å². The molecule has 4 aliphatic rings. The third-order valence-corrected chi connectivity index (χ3v) is 7.84. The SMILES string of the molecule is Cc1nc2c3c(nn2c(C)c1Cl)CN(C(=O)c1ccc(F)cc1O[C@@H]1CC2CCC1=CN2C)C3. The number of ether oxygens (including phenoxy) is 1. The number of halogens is 2. The summed E-state index contributed by atoms with van der Waals surface area (Å²) in [6, 6.07) is 4.56. The summed E-state index contributed by atoms with van der Waals surface area (Å²) < 4.78 is 22.2. The Morgan fingerprint density at radius 1 is 1.26 bits per heavy atom. The molecule has 1 unspecified atom stereocenters. The van der Waals surface area contributed by atoms with Crippen molar-refractivity contribution < 1.29 is 13.9 Å². The number of nitrogens with zero attached hydrogens (tertiary/aromatic N) is 5. The highest BCUT2D eigenvalue weighted by Crippen LogP contribution is 2.37. The molecule has 7 rings (SSSR count). The fourth-order valence-corrected chi connectivity index (χ4v) is 5.49. The van der Waals surface area contributed by atoms with Crippen molar-refractivity contribution in [3.63, 3.8) is 0 Å². The molecule has 3 aliphatic heterocycles. The summed E-state index contributed by atoms with van der Waals surface area (Å²) in [6.45, 7) is 4.50. The van der Waals surface area contributed by atoms with E-state index in [4.69, 9.17) is 16.3 Å². The van der Waals surface area contributed by atoms with Crippen LogP contribution in [0.4, 0.5) is 4.39 Å². The van der Waals surface area contributed by atoms with E-state index in [2.05, 4.69) is 28.2 Å². The summed E-state index contributed by atoms with van der Waals surface area (Å²) in [5.74, 6) is -0.338. The van der Waals surface area contributed by atoms with Crippen LogP contribution in [0, 0.1) is 19.7 Å². The average molecular weight is 482 g/mol. The van der Waals surface area contributed by atoms with Crippen LogP contribution in [0.1, 0.15) is 52.3 Å². The van der Waals surface area contributed by atoms with Gasteiger partial charge in [-0.15, -0.1) is 0 Å². The maximum absolute atomic E-state index is 14.2. The molecular formula is C25H25ClFN5O2. The third kappa shape index (κ3) is 3.27. The van der Waals surface area contributed by atoms with Gasteiger partial charge in [-0.2, -0.15) is 5.10 Å². The molecule has 7 nitrogen and oxygen atoms in total. The summed E-state index contributed by atoms with van der Waals surface area (Å²) >= 11 is 6.34. The minimum Gasteiger partial charge on any atom is -0.485 e. The van der Waals surface area contributed by atoms with Crippen LogP contribution < -0.4 is 4.74 Å². The van der Waals surface area contributed by atoms with Crippen molar-refractivity contribution in [2.75, 3.05) is 7.05 Å². The molecule has 5 heterocycles. The summed E-state index contributed by atoms with van der Waals surface area (Å²) in [4.78, 5) is 22.1. The highest BCUT2D eigenvalue weighted by Gasteiger charge is 2.36. The van der Waals surface area contributed by atoms with Gasteiger partial charge in [-0.25, -0.2) is 13.9 Å². The van der Waals surface area contributed by atoms with E-state index in [0.29, 0.717) is 35.5 Å². The number of hydrogen-bond acceptors (Lipinski definition) is 5. The van der Waals surface area contributed by atoms with Gasteiger partial charge >= 0.3 is 0 Å². The van der Waals surface area contributed by atoms with Gasteiger partial charge in [0.05, 0.1) is 40.8 Å². The van der Waals surface area contributed by atoms with E-state index >= 15 is 0 Å². The molecule has 1 fully saturated rings. The van der Waals surface area contributed by atoms with Crippen molar-refractivity contribution in [2.45, 2.75) is 58.3 Å². The fraction of sp³-hybridized carbons (Fsp3) is 0.400. The zero-order chi connectivity index (χ0) is 23.7. The largest absolute Gasteiger partial charge is 0.485 e. The Labute approximate surface area is 201 Å². The first-order valence-corrected chi connectivity index (χ1v) is 11.9. The Morgan fingerprint density at radius 2 is 2.09 bits per heavy atom. The highest BCUT2D eigenvalue weighted by atomic mass is 35.5. The van der Waals surface area contributed by atoms with Crippen molar-refractivity contribution in [3.8, 4) is 5.75 Å². The summed E-state index contributed by atoms with van der Waals surface area (Å²) in [7, 11) is 2.07. The number of carbonyl (C=O) groups is 1. The molecule has 0 saturated heterocycles. The molecule has 0 N–H and O–H groups in total. The monoisotopic (exact) mass is 481 g/mol. The van der Waals surface area contributed by atoms with Gasteiger partial charge in [-0.3, -0.25) is 4.79 Å². The number of benzene rings is 1. The Kier molecular flexibility index (Phi) is 4.85. The molecule has 2 bridgehead atoms. The molecule has 0 spiro atoms. The molecular weight excluding hydrogens is 457 g/mol. The lowest BCUT2D eigenvalue weighted by atomic mass is 9.84. The predicted molar refractivity (Wildman–Crippen MR) is 125 cm³/mol. The van der Waals surface area contributed by atoms with E-state index < -0.39 is 5.82 Å². The van der Waals surface area contributed by atoms with Crippen LogP contribution in [0.2, 0.25) is 5.02 Å². The number of fused-ring (bicyclic) bond motifs is 6. The van der Waals surface area contributed by atoms with Crippen LogP contribution in [0.3, 0.4) is 0 Å². The van der Waals surface area contributed by atoms with Crippen LogP contribution in [-0.2, 0) is 13.1 Å². The van der Waals surface area contributed by atoms with Gasteiger partial charge in [0, 0.05) is 37.3 Å². The zero-order valence-corrected chi connectivity index (χ0v) is 20.1. The van der Waals surface area contributed by atoms with E-state index in [-0.39, 0.29) is 12.0 Å². The van der Waals surface area contributed by atoms with Gasteiger partial charge in [0.1, 0.15) is 17.7 Å². The molecule has 3 aromatic rings. The quantitative estimate of drug-likeness (QED) is 0.554. The topological polar surface area (TPSA) is 63.0 Å². The maximum atomic E-state index is 14.2. The standard InChI is InChI=1S/C25H25ClFN5O2/c1-13-23(26)14(2)32-24(28-13)19-11-31(12-20(19)29-32)25(33)18-7-5-16(27)8-22(18)34-21-9-17-6-4-15(21)10-30(17)3/h5,7-8,10,17,21H,4,6,9,11-12H2,1-3H3/t17?,21-/m1/s1. The number of carbonyl (C=O) groups excluding carboxylic acids is 1. The first-order valence-electron chi connectivity index (χ1n) is 11.5. The molecule has 1 aliphatic carbocycles. The van der Waals surface area contributed by atoms with E-state index in [0.717, 1.165) is 47.6 Å². The Bertz CT molecular complexity index is 1380. The van der Waals surface area contributed by atoms with E-state index in [1.807, 2.05) is 13.8 Å². The minimum absolute atomic E-state index is 0.136. The number of rotatable bonds is 3. The van der Waals surface area contributed by atoms with Crippen molar-refractivity contribution in [1.29, 1.82) is 0 Å². The molecule has 1 saturated carbocycles. The van der Waals surface area contributed by atoms with Gasteiger partial charge in [0.2, 0.25) is 0 Å². The smallest absolute Gasteiger partial charge is 0.258 e. The summed E-state index contributed by atoms with van der Waals surface area (Å²) in [5, 5.41) is 5.25. The summed E-state index contributed by atoms with van der Waals surface area (Å²) in [5.41, 5.74) is 5.54. The predicted octanol–water partition coefficient (Wildman–Crippen LogP) is 4.42. The molecule has 9 heteroatoms. The van der Waals surface area contributed by atoms with Gasteiger partial charge in [-0.05, 0) is 44.4 Å². The second kappa shape index (κ2) is 7.70. The lowest BCUT2D eigenvalue weighted by Crippen LogP contribution is -2.43. The second-order valence-corrected chi connectivity index (χ2v) is 9.84. The Hall–Kier alpha value is -3.13. The number of aromatic nitrogens is 3. The normalized spacial score (nSPS) is 21.3. The lowest BCUT2D eigenvalue weighted by molar-refractivity contribution is 0.0736. The zero-order valence-electron chi connectivity index (χ0n) is 19.3. The maximum Gasteiger partial charge on any atom is 0.258 e. The van der Waals surface area contributed by atoms with Crippen LogP contribution in [0.25, 0.3) is 5.65 Å². The number of hydrogen-bond donors (Lipinski definition) is 0. The van der Waals surface area contributed by atoms with Crippen LogP contribution in [0.15, 0.2) is 30.0 Å². The molecule has 0 radical (unpaired) electrons. The van der Waals surface area contributed by atoms with Gasteiger partial charge in [0.15, 0.2) is 5.65 Å². The Morgan fingerprint density at radius 3 is 2.82 bits per heavy atom.